The molecule has 1 aromatic heterocycles. The highest BCUT2D eigenvalue weighted by Crippen LogP contribution is 2.40. The molecule has 2 aromatic rings. The second kappa shape index (κ2) is 3.46. The van der Waals surface area contributed by atoms with Gasteiger partial charge in [-0.3, -0.25) is 9.71 Å². The van der Waals surface area contributed by atoms with E-state index in [9.17, 15) is 8.42 Å². The van der Waals surface area contributed by atoms with Gasteiger partial charge in [0.1, 0.15) is 0 Å². The lowest BCUT2D eigenvalue weighted by Crippen LogP contribution is -2.25. The number of aromatic nitrogens is 1. The average molecular weight is 247 g/mol. The van der Waals surface area contributed by atoms with Gasteiger partial charge >= 0.3 is 10.2 Å². The zero-order valence-corrected chi connectivity index (χ0v) is 9.55. The van der Waals surface area contributed by atoms with E-state index in [1.807, 2.05) is 0 Å². The van der Waals surface area contributed by atoms with E-state index in [2.05, 4.69) is 9.71 Å². The summed E-state index contributed by atoms with van der Waals surface area (Å²) in [4.78, 5) is 3.93. The minimum absolute atomic E-state index is 0.518. The number of anilines is 3. The molecular formula is C11H9N3O2S. The van der Waals surface area contributed by atoms with Crippen LogP contribution < -0.4 is 9.03 Å². The van der Waals surface area contributed by atoms with Crippen molar-refractivity contribution in [3.8, 4) is 0 Å². The molecule has 1 aromatic carbocycles. The minimum atomic E-state index is -3.56. The number of benzene rings is 1. The van der Waals surface area contributed by atoms with Gasteiger partial charge in [-0.15, -0.1) is 0 Å². The molecule has 2 heterocycles. The summed E-state index contributed by atoms with van der Waals surface area (Å²) < 4.78 is 27.8. The van der Waals surface area contributed by atoms with Gasteiger partial charge in [0.05, 0.1) is 23.3 Å². The van der Waals surface area contributed by atoms with Crippen LogP contribution in [-0.4, -0.2) is 13.4 Å². The summed E-state index contributed by atoms with van der Waals surface area (Å²) in [5, 5.41) is 0. The maximum absolute atomic E-state index is 12.0. The number of hydrogen-bond acceptors (Lipinski definition) is 3. The molecule has 1 N–H and O–H groups in total. The Morgan fingerprint density at radius 2 is 1.94 bits per heavy atom. The zero-order chi connectivity index (χ0) is 11.9. The van der Waals surface area contributed by atoms with E-state index >= 15 is 0 Å². The van der Waals surface area contributed by atoms with Crippen LogP contribution in [0.3, 0.4) is 0 Å². The van der Waals surface area contributed by atoms with Gasteiger partial charge in [-0.05, 0) is 24.3 Å². The lowest BCUT2D eigenvalue weighted by molar-refractivity contribution is 0.603. The van der Waals surface area contributed by atoms with Crippen LogP contribution in [0, 0.1) is 0 Å². The molecule has 0 spiro atoms. The predicted octanol–water partition coefficient (Wildman–Crippen LogP) is 1.89. The van der Waals surface area contributed by atoms with Crippen LogP contribution in [0.2, 0.25) is 0 Å². The van der Waals surface area contributed by atoms with Crippen LogP contribution in [0.25, 0.3) is 0 Å². The third-order valence-corrected chi connectivity index (χ3v) is 3.85. The molecule has 0 saturated carbocycles. The van der Waals surface area contributed by atoms with Crippen LogP contribution in [0.1, 0.15) is 0 Å². The Balaban J connectivity index is 2.22. The number of nitrogens with one attached hydrogen (secondary N) is 1. The molecular weight excluding hydrogens is 238 g/mol. The number of hydrogen-bond donors (Lipinski definition) is 1. The van der Waals surface area contributed by atoms with E-state index in [1.54, 1.807) is 42.6 Å². The van der Waals surface area contributed by atoms with Crippen LogP contribution >= 0.6 is 0 Å². The predicted molar refractivity (Wildman–Crippen MR) is 65.4 cm³/mol. The summed E-state index contributed by atoms with van der Waals surface area (Å²) >= 11 is 0. The molecule has 0 bridgehead atoms. The molecule has 0 fully saturated rings. The molecule has 5 nitrogen and oxygen atoms in total. The van der Waals surface area contributed by atoms with Crippen molar-refractivity contribution < 1.29 is 8.42 Å². The summed E-state index contributed by atoms with van der Waals surface area (Å²) in [5.74, 6) is 0. The van der Waals surface area contributed by atoms with E-state index < -0.39 is 10.2 Å². The van der Waals surface area contributed by atoms with Crippen molar-refractivity contribution in [2.75, 3.05) is 9.03 Å². The van der Waals surface area contributed by atoms with Gasteiger partial charge in [0.15, 0.2) is 0 Å². The summed E-state index contributed by atoms with van der Waals surface area (Å²) in [6, 6.07) is 10.5. The molecule has 1 aliphatic heterocycles. The van der Waals surface area contributed by atoms with E-state index in [0.717, 1.165) is 0 Å². The smallest absolute Gasteiger partial charge is 0.264 e. The first kappa shape index (κ1) is 10.1. The van der Waals surface area contributed by atoms with Gasteiger partial charge < -0.3 is 0 Å². The van der Waals surface area contributed by atoms with Crippen molar-refractivity contribution in [3.63, 3.8) is 0 Å². The number of pyridine rings is 1. The number of rotatable bonds is 1. The maximum Gasteiger partial charge on any atom is 0.328 e. The summed E-state index contributed by atoms with van der Waals surface area (Å²) in [7, 11) is -3.56. The molecule has 0 atom stereocenters. The number of nitrogens with zero attached hydrogens (tertiary/aromatic N) is 2. The Morgan fingerprint density at radius 3 is 2.71 bits per heavy atom. The van der Waals surface area contributed by atoms with Gasteiger partial charge in [0, 0.05) is 6.20 Å². The SMILES string of the molecule is O=S1(=O)Nc2ccccc2N1c1cccnc1. The molecule has 3 rings (SSSR count). The minimum Gasteiger partial charge on any atom is -0.264 e. The maximum atomic E-state index is 12.0. The Morgan fingerprint density at radius 1 is 1.12 bits per heavy atom. The van der Waals surface area contributed by atoms with Crippen LogP contribution in [0.15, 0.2) is 48.8 Å². The second-order valence-corrected chi connectivity index (χ2v) is 5.12. The fourth-order valence-electron chi connectivity index (χ4n) is 1.80. The molecule has 0 unspecified atom stereocenters. The quantitative estimate of drug-likeness (QED) is 0.837. The highest BCUT2D eigenvalue weighted by Gasteiger charge is 2.33. The fraction of sp³-hybridized carbons (Fsp3) is 0. The molecule has 6 heteroatoms. The normalized spacial score (nSPS) is 16.4. The van der Waals surface area contributed by atoms with Crippen molar-refractivity contribution in [1.29, 1.82) is 0 Å². The third kappa shape index (κ3) is 1.53. The highest BCUT2D eigenvalue weighted by molar-refractivity contribution is 7.95. The standard InChI is InChI=1S/C11H9N3O2S/c15-17(16)13-10-5-1-2-6-11(10)14(17)9-4-3-7-12-8-9/h1-8,13H. The Kier molecular flexibility index (Phi) is 2.05. The molecule has 0 saturated heterocycles. The van der Waals surface area contributed by atoms with Gasteiger partial charge in [0.25, 0.3) is 0 Å². The van der Waals surface area contributed by atoms with E-state index in [-0.39, 0.29) is 0 Å². The average Bonchev–Trinajstić information content (AvgIpc) is 2.60. The summed E-state index contributed by atoms with van der Waals surface area (Å²) in [6.45, 7) is 0. The number of fused-ring (bicyclic) bond motifs is 1. The summed E-state index contributed by atoms with van der Waals surface area (Å²) in [5.41, 5.74) is 1.71. The van der Waals surface area contributed by atoms with Gasteiger partial charge in [-0.25, -0.2) is 4.31 Å². The van der Waals surface area contributed by atoms with Crippen LogP contribution in [0.5, 0.6) is 0 Å². The van der Waals surface area contributed by atoms with Gasteiger partial charge in [-0.1, -0.05) is 12.1 Å². The van der Waals surface area contributed by atoms with Crippen molar-refractivity contribution in [3.05, 3.63) is 48.8 Å². The van der Waals surface area contributed by atoms with Gasteiger partial charge in [-0.2, -0.15) is 8.42 Å². The Labute approximate surface area is 98.9 Å². The lowest BCUT2D eigenvalue weighted by atomic mass is 10.2. The van der Waals surface area contributed by atoms with Gasteiger partial charge in [0.2, 0.25) is 0 Å². The monoisotopic (exact) mass is 247 g/mol. The highest BCUT2D eigenvalue weighted by atomic mass is 32.2. The topological polar surface area (TPSA) is 62.3 Å². The summed E-state index contributed by atoms with van der Waals surface area (Å²) in [6.07, 6.45) is 3.12. The fourth-order valence-corrected chi connectivity index (χ4v) is 3.15. The molecule has 86 valence electrons. The lowest BCUT2D eigenvalue weighted by Gasteiger charge is -2.15. The van der Waals surface area contributed by atoms with Crippen molar-refractivity contribution in [1.82, 2.24) is 4.98 Å². The second-order valence-electron chi connectivity index (χ2n) is 3.60. The van der Waals surface area contributed by atoms with E-state index in [0.29, 0.717) is 17.1 Å². The van der Waals surface area contributed by atoms with Crippen molar-refractivity contribution in [2.45, 2.75) is 0 Å². The van der Waals surface area contributed by atoms with Crippen LogP contribution in [-0.2, 0) is 10.2 Å². The molecule has 0 radical (unpaired) electrons. The van der Waals surface area contributed by atoms with Crippen molar-refractivity contribution >= 4 is 27.3 Å². The largest absolute Gasteiger partial charge is 0.328 e. The van der Waals surface area contributed by atoms with Crippen molar-refractivity contribution in [2.24, 2.45) is 0 Å². The first-order chi connectivity index (χ1) is 8.18. The molecule has 1 aliphatic rings. The Bertz CT molecular complexity index is 655. The Hall–Kier alpha value is -2.08. The van der Waals surface area contributed by atoms with Crippen LogP contribution in [0.4, 0.5) is 17.1 Å². The zero-order valence-electron chi connectivity index (χ0n) is 8.74. The first-order valence-electron chi connectivity index (χ1n) is 5.01. The molecule has 17 heavy (non-hydrogen) atoms. The number of para-hydroxylation sites is 2. The first-order valence-corrected chi connectivity index (χ1v) is 6.45. The van der Waals surface area contributed by atoms with E-state index in [4.69, 9.17) is 0 Å². The molecule has 0 aliphatic carbocycles. The van der Waals surface area contributed by atoms with E-state index in [1.165, 1.54) is 10.5 Å². The molecule has 0 amide bonds. The third-order valence-electron chi connectivity index (χ3n) is 2.48.